The number of hydrogen-bond donors (Lipinski definition) is 1. The molecule has 2 unspecified atom stereocenters. The second kappa shape index (κ2) is 5.40. The van der Waals surface area contributed by atoms with Crippen molar-refractivity contribution >= 4 is 0 Å². The van der Waals surface area contributed by atoms with Gasteiger partial charge in [-0.05, 0) is 26.3 Å². The van der Waals surface area contributed by atoms with Crippen LogP contribution >= 0.6 is 0 Å². The molecular weight excluding hydrogens is 160 g/mol. The molecule has 2 nitrogen and oxygen atoms in total. The van der Waals surface area contributed by atoms with Crippen molar-refractivity contribution in [3.63, 3.8) is 0 Å². The van der Waals surface area contributed by atoms with Gasteiger partial charge in [-0.15, -0.1) is 6.58 Å². The third-order valence-corrected chi connectivity index (χ3v) is 2.93. The fourth-order valence-electron chi connectivity index (χ4n) is 1.90. The predicted octanol–water partition coefficient (Wildman–Crippen LogP) is 1.63. The SMILES string of the molecule is C=CCN1CC(CC)NCCC1C. The van der Waals surface area contributed by atoms with E-state index in [9.17, 15) is 0 Å². The molecule has 0 aliphatic carbocycles. The Balaban J connectivity index is 2.50. The maximum atomic E-state index is 3.81. The molecule has 0 saturated carbocycles. The van der Waals surface area contributed by atoms with E-state index in [-0.39, 0.29) is 0 Å². The molecule has 76 valence electrons. The number of nitrogens with zero attached hydrogens (tertiary/aromatic N) is 1. The van der Waals surface area contributed by atoms with Gasteiger partial charge in [-0.1, -0.05) is 13.0 Å². The smallest absolute Gasteiger partial charge is 0.0192 e. The van der Waals surface area contributed by atoms with Crippen LogP contribution in [0.15, 0.2) is 12.7 Å². The van der Waals surface area contributed by atoms with Crippen LogP contribution in [-0.2, 0) is 0 Å². The highest BCUT2D eigenvalue weighted by Gasteiger charge is 2.20. The van der Waals surface area contributed by atoms with Crippen molar-refractivity contribution in [2.45, 2.75) is 38.8 Å². The molecule has 0 aromatic rings. The van der Waals surface area contributed by atoms with Gasteiger partial charge < -0.3 is 5.32 Å². The largest absolute Gasteiger partial charge is 0.313 e. The summed E-state index contributed by atoms with van der Waals surface area (Å²) in [6.45, 7) is 11.7. The van der Waals surface area contributed by atoms with E-state index in [0.717, 1.165) is 13.1 Å². The Morgan fingerprint density at radius 3 is 3.00 bits per heavy atom. The van der Waals surface area contributed by atoms with E-state index < -0.39 is 0 Å². The summed E-state index contributed by atoms with van der Waals surface area (Å²) in [4.78, 5) is 2.52. The van der Waals surface area contributed by atoms with E-state index in [1.54, 1.807) is 0 Å². The van der Waals surface area contributed by atoms with Crippen molar-refractivity contribution in [3.05, 3.63) is 12.7 Å². The van der Waals surface area contributed by atoms with Crippen LogP contribution in [0.1, 0.15) is 26.7 Å². The molecule has 1 aliphatic heterocycles. The van der Waals surface area contributed by atoms with Crippen LogP contribution in [-0.4, -0.2) is 36.6 Å². The first-order valence-corrected chi connectivity index (χ1v) is 5.36. The monoisotopic (exact) mass is 182 g/mol. The quantitative estimate of drug-likeness (QED) is 0.667. The van der Waals surface area contributed by atoms with Crippen molar-refractivity contribution < 1.29 is 0 Å². The van der Waals surface area contributed by atoms with Gasteiger partial charge in [0.25, 0.3) is 0 Å². The zero-order chi connectivity index (χ0) is 9.68. The van der Waals surface area contributed by atoms with Crippen LogP contribution < -0.4 is 5.32 Å². The molecule has 1 heterocycles. The van der Waals surface area contributed by atoms with Gasteiger partial charge in [-0.3, -0.25) is 4.90 Å². The molecule has 1 fully saturated rings. The van der Waals surface area contributed by atoms with E-state index in [1.165, 1.54) is 19.4 Å². The summed E-state index contributed by atoms with van der Waals surface area (Å²) in [6.07, 6.45) is 4.49. The highest BCUT2D eigenvalue weighted by atomic mass is 15.2. The lowest BCUT2D eigenvalue weighted by Crippen LogP contribution is -2.39. The van der Waals surface area contributed by atoms with Gasteiger partial charge in [0.15, 0.2) is 0 Å². The van der Waals surface area contributed by atoms with Gasteiger partial charge in [0.2, 0.25) is 0 Å². The molecule has 0 radical (unpaired) electrons. The Kier molecular flexibility index (Phi) is 4.46. The van der Waals surface area contributed by atoms with Crippen LogP contribution in [0, 0.1) is 0 Å². The standard InChI is InChI=1S/C11H22N2/c1-4-8-13-9-11(5-2)12-7-6-10(13)3/h4,10-12H,1,5-9H2,2-3H3. The second-order valence-corrected chi connectivity index (χ2v) is 3.94. The normalized spacial score (nSPS) is 31.2. The maximum Gasteiger partial charge on any atom is 0.0192 e. The fourth-order valence-corrected chi connectivity index (χ4v) is 1.90. The molecule has 0 amide bonds. The number of rotatable bonds is 3. The molecular formula is C11H22N2. The van der Waals surface area contributed by atoms with Gasteiger partial charge in [0, 0.05) is 25.2 Å². The minimum absolute atomic E-state index is 0.671. The summed E-state index contributed by atoms with van der Waals surface area (Å²) in [5.41, 5.74) is 0. The van der Waals surface area contributed by atoms with Crippen molar-refractivity contribution in [2.24, 2.45) is 0 Å². The van der Waals surface area contributed by atoms with E-state index in [2.05, 4.69) is 30.6 Å². The van der Waals surface area contributed by atoms with E-state index in [4.69, 9.17) is 0 Å². The zero-order valence-electron chi connectivity index (χ0n) is 8.92. The van der Waals surface area contributed by atoms with Gasteiger partial charge in [-0.25, -0.2) is 0 Å². The van der Waals surface area contributed by atoms with Gasteiger partial charge >= 0.3 is 0 Å². The highest BCUT2D eigenvalue weighted by molar-refractivity contribution is 4.84. The van der Waals surface area contributed by atoms with Crippen molar-refractivity contribution in [3.8, 4) is 0 Å². The molecule has 1 aliphatic rings. The summed E-state index contributed by atoms with van der Waals surface area (Å²) in [5.74, 6) is 0. The molecule has 2 heteroatoms. The number of hydrogen-bond acceptors (Lipinski definition) is 2. The second-order valence-electron chi connectivity index (χ2n) is 3.94. The highest BCUT2D eigenvalue weighted by Crippen LogP contribution is 2.09. The van der Waals surface area contributed by atoms with Crippen LogP contribution in [0.5, 0.6) is 0 Å². The summed E-state index contributed by atoms with van der Waals surface area (Å²) in [5, 5.41) is 3.57. The summed E-state index contributed by atoms with van der Waals surface area (Å²) < 4.78 is 0. The lowest BCUT2D eigenvalue weighted by molar-refractivity contribution is 0.225. The lowest BCUT2D eigenvalue weighted by atomic mass is 10.2. The number of nitrogens with one attached hydrogen (secondary N) is 1. The fraction of sp³-hybridized carbons (Fsp3) is 0.818. The van der Waals surface area contributed by atoms with E-state index >= 15 is 0 Å². The van der Waals surface area contributed by atoms with Gasteiger partial charge in [-0.2, -0.15) is 0 Å². The average molecular weight is 182 g/mol. The van der Waals surface area contributed by atoms with Crippen molar-refractivity contribution in [2.75, 3.05) is 19.6 Å². The third-order valence-electron chi connectivity index (χ3n) is 2.93. The Morgan fingerprint density at radius 1 is 1.62 bits per heavy atom. The molecule has 1 saturated heterocycles. The Bertz CT molecular complexity index is 156. The first-order valence-electron chi connectivity index (χ1n) is 5.36. The molecule has 0 spiro atoms. The van der Waals surface area contributed by atoms with Gasteiger partial charge in [0.05, 0.1) is 0 Å². The van der Waals surface area contributed by atoms with Crippen LogP contribution in [0.4, 0.5) is 0 Å². The topological polar surface area (TPSA) is 15.3 Å². The average Bonchev–Trinajstić information content (AvgIpc) is 2.30. The van der Waals surface area contributed by atoms with Crippen molar-refractivity contribution in [1.82, 2.24) is 10.2 Å². The van der Waals surface area contributed by atoms with Crippen LogP contribution in [0.3, 0.4) is 0 Å². The Labute approximate surface area is 82.0 Å². The Hall–Kier alpha value is -0.340. The lowest BCUT2D eigenvalue weighted by Gasteiger charge is -2.27. The van der Waals surface area contributed by atoms with E-state index in [0.29, 0.717) is 12.1 Å². The first-order chi connectivity index (χ1) is 6.27. The maximum absolute atomic E-state index is 3.81. The summed E-state index contributed by atoms with van der Waals surface area (Å²) >= 11 is 0. The zero-order valence-corrected chi connectivity index (χ0v) is 8.92. The molecule has 0 aromatic carbocycles. The first kappa shape index (κ1) is 10.7. The van der Waals surface area contributed by atoms with Crippen LogP contribution in [0.2, 0.25) is 0 Å². The molecule has 0 aromatic heterocycles. The molecule has 0 bridgehead atoms. The molecule has 1 N–H and O–H groups in total. The molecule has 2 atom stereocenters. The van der Waals surface area contributed by atoms with Crippen LogP contribution in [0.25, 0.3) is 0 Å². The molecule has 1 rings (SSSR count). The van der Waals surface area contributed by atoms with E-state index in [1.807, 2.05) is 6.08 Å². The summed E-state index contributed by atoms with van der Waals surface area (Å²) in [7, 11) is 0. The minimum Gasteiger partial charge on any atom is -0.313 e. The van der Waals surface area contributed by atoms with Crippen molar-refractivity contribution in [1.29, 1.82) is 0 Å². The Morgan fingerprint density at radius 2 is 2.38 bits per heavy atom. The minimum atomic E-state index is 0.671. The molecule has 13 heavy (non-hydrogen) atoms. The van der Waals surface area contributed by atoms with Gasteiger partial charge in [0.1, 0.15) is 0 Å². The third kappa shape index (κ3) is 3.12. The predicted molar refractivity (Wildman–Crippen MR) is 57.9 cm³/mol. The summed E-state index contributed by atoms with van der Waals surface area (Å²) in [6, 6.07) is 1.37.